The summed E-state index contributed by atoms with van der Waals surface area (Å²) < 4.78 is 18.8. The van der Waals surface area contributed by atoms with Crippen molar-refractivity contribution in [2.24, 2.45) is 0 Å². The van der Waals surface area contributed by atoms with Crippen LogP contribution in [0.3, 0.4) is 0 Å². The average molecular weight is 273 g/mol. The molecule has 1 amide bonds. The predicted octanol–water partition coefficient (Wildman–Crippen LogP) is 3.46. The molecule has 0 aliphatic carbocycles. The second-order valence-electron chi connectivity index (χ2n) is 4.59. The summed E-state index contributed by atoms with van der Waals surface area (Å²) >= 11 is 0. The van der Waals surface area contributed by atoms with E-state index in [1.165, 1.54) is 12.1 Å². The van der Waals surface area contributed by atoms with Crippen LogP contribution in [-0.2, 0) is 4.79 Å². The lowest BCUT2D eigenvalue weighted by molar-refractivity contribution is -0.118. The number of nitrogens with one attached hydrogen (secondary N) is 1. The van der Waals surface area contributed by atoms with E-state index in [4.69, 9.17) is 4.74 Å². The van der Waals surface area contributed by atoms with Crippen LogP contribution < -0.4 is 10.1 Å². The Kier molecular flexibility index (Phi) is 4.35. The van der Waals surface area contributed by atoms with Crippen molar-refractivity contribution in [3.63, 3.8) is 0 Å². The molecule has 2 rings (SSSR count). The highest BCUT2D eigenvalue weighted by Crippen LogP contribution is 2.19. The molecule has 104 valence electrons. The van der Waals surface area contributed by atoms with Gasteiger partial charge in [-0.05, 0) is 37.6 Å². The Bertz CT molecular complexity index is 626. The van der Waals surface area contributed by atoms with Crippen LogP contribution in [-0.4, -0.2) is 12.5 Å². The summed E-state index contributed by atoms with van der Waals surface area (Å²) in [6, 6.07) is 11.7. The molecular formula is C16H16FNO2. The van der Waals surface area contributed by atoms with E-state index in [9.17, 15) is 9.18 Å². The van der Waals surface area contributed by atoms with Crippen molar-refractivity contribution in [2.75, 3.05) is 11.9 Å². The largest absolute Gasteiger partial charge is 0.483 e. The highest BCUT2D eigenvalue weighted by molar-refractivity contribution is 5.91. The molecule has 0 bridgehead atoms. The van der Waals surface area contributed by atoms with E-state index in [-0.39, 0.29) is 12.3 Å². The van der Waals surface area contributed by atoms with Gasteiger partial charge in [-0.2, -0.15) is 0 Å². The zero-order chi connectivity index (χ0) is 14.5. The summed E-state index contributed by atoms with van der Waals surface area (Å²) in [5.41, 5.74) is 2.25. The molecule has 0 atom stereocenters. The van der Waals surface area contributed by atoms with Gasteiger partial charge in [0.25, 0.3) is 5.91 Å². The van der Waals surface area contributed by atoms with Crippen molar-refractivity contribution in [3.8, 4) is 5.75 Å². The predicted molar refractivity (Wildman–Crippen MR) is 76.4 cm³/mol. The second-order valence-corrected chi connectivity index (χ2v) is 4.59. The molecule has 0 fully saturated rings. The first-order valence-corrected chi connectivity index (χ1v) is 6.30. The standard InChI is InChI=1S/C16H16FNO2/c1-11-7-8-15(12(2)9-11)20-10-16(19)18-14-6-4-3-5-13(14)17/h3-9H,10H2,1-2H3,(H,18,19). The van der Waals surface area contributed by atoms with Crippen molar-refractivity contribution >= 4 is 11.6 Å². The summed E-state index contributed by atoms with van der Waals surface area (Å²) in [5, 5.41) is 2.47. The summed E-state index contributed by atoms with van der Waals surface area (Å²) in [7, 11) is 0. The summed E-state index contributed by atoms with van der Waals surface area (Å²) in [6.07, 6.45) is 0. The van der Waals surface area contributed by atoms with Gasteiger partial charge in [-0.25, -0.2) is 4.39 Å². The Balaban J connectivity index is 1.94. The highest BCUT2D eigenvalue weighted by atomic mass is 19.1. The highest BCUT2D eigenvalue weighted by Gasteiger charge is 2.08. The van der Waals surface area contributed by atoms with E-state index < -0.39 is 11.7 Å². The molecule has 0 saturated carbocycles. The molecular weight excluding hydrogens is 257 g/mol. The van der Waals surface area contributed by atoms with Crippen molar-refractivity contribution < 1.29 is 13.9 Å². The number of ether oxygens (including phenoxy) is 1. The normalized spacial score (nSPS) is 10.2. The van der Waals surface area contributed by atoms with Gasteiger partial charge in [-0.1, -0.05) is 29.8 Å². The number of para-hydroxylation sites is 1. The summed E-state index contributed by atoms with van der Waals surface area (Å²) in [6.45, 7) is 3.75. The molecule has 0 aliphatic rings. The van der Waals surface area contributed by atoms with Gasteiger partial charge >= 0.3 is 0 Å². The molecule has 0 aliphatic heterocycles. The van der Waals surface area contributed by atoms with Gasteiger partial charge in [0.2, 0.25) is 0 Å². The maximum Gasteiger partial charge on any atom is 0.262 e. The maximum atomic E-state index is 13.4. The van der Waals surface area contributed by atoms with Crippen LogP contribution in [0.4, 0.5) is 10.1 Å². The monoisotopic (exact) mass is 273 g/mol. The van der Waals surface area contributed by atoms with Gasteiger partial charge in [-0.15, -0.1) is 0 Å². The summed E-state index contributed by atoms with van der Waals surface area (Å²) in [4.78, 5) is 11.7. The SMILES string of the molecule is Cc1ccc(OCC(=O)Nc2ccccc2F)c(C)c1. The van der Waals surface area contributed by atoms with Crippen LogP contribution in [0.25, 0.3) is 0 Å². The first kappa shape index (κ1) is 14.1. The van der Waals surface area contributed by atoms with Gasteiger partial charge in [0, 0.05) is 0 Å². The zero-order valence-corrected chi connectivity index (χ0v) is 11.4. The minimum absolute atomic E-state index is 0.154. The molecule has 20 heavy (non-hydrogen) atoms. The van der Waals surface area contributed by atoms with Crippen LogP contribution in [0, 0.1) is 19.7 Å². The third-order valence-corrected chi connectivity index (χ3v) is 2.84. The van der Waals surface area contributed by atoms with Gasteiger partial charge in [0.15, 0.2) is 6.61 Å². The van der Waals surface area contributed by atoms with Crippen LogP contribution in [0.5, 0.6) is 5.75 Å². The molecule has 4 heteroatoms. The van der Waals surface area contributed by atoms with Crippen molar-refractivity contribution in [1.29, 1.82) is 0 Å². The Morgan fingerprint density at radius 3 is 2.65 bits per heavy atom. The van der Waals surface area contributed by atoms with Gasteiger partial charge in [0.05, 0.1) is 5.69 Å². The molecule has 2 aromatic rings. The number of carbonyl (C=O) groups excluding carboxylic acids is 1. The number of anilines is 1. The minimum atomic E-state index is -0.465. The van der Waals surface area contributed by atoms with E-state index in [2.05, 4.69) is 5.32 Å². The third kappa shape index (κ3) is 3.57. The van der Waals surface area contributed by atoms with E-state index in [0.717, 1.165) is 11.1 Å². The van der Waals surface area contributed by atoms with E-state index in [1.54, 1.807) is 12.1 Å². The smallest absolute Gasteiger partial charge is 0.262 e. The molecule has 3 nitrogen and oxygen atoms in total. The second kappa shape index (κ2) is 6.19. The first-order chi connectivity index (χ1) is 9.56. The fourth-order valence-corrected chi connectivity index (χ4v) is 1.85. The van der Waals surface area contributed by atoms with E-state index in [1.807, 2.05) is 32.0 Å². The fourth-order valence-electron chi connectivity index (χ4n) is 1.85. The molecule has 0 radical (unpaired) electrons. The molecule has 0 saturated heterocycles. The Morgan fingerprint density at radius 2 is 1.95 bits per heavy atom. The first-order valence-electron chi connectivity index (χ1n) is 6.30. The Morgan fingerprint density at radius 1 is 1.20 bits per heavy atom. The molecule has 0 aromatic heterocycles. The van der Waals surface area contributed by atoms with Crippen LogP contribution in [0.15, 0.2) is 42.5 Å². The lowest BCUT2D eigenvalue weighted by Gasteiger charge is -2.10. The number of rotatable bonds is 4. The number of carbonyl (C=O) groups is 1. The van der Waals surface area contributed by atoms with Gasteiger partial charge in [-0.3, -0.25) is 4.79 Å². The van der Waals surface area contributed by atoms with Crippen molar-refractivity contribution in [2.45, 2.75) is 13.8 Å². The maximum absolute atomic E-state index is 13.4. The van der Waals surface area contributed by atoms with Gasteiger partial charge < -0.3 is 10.1 Å². The van der Waals surface area contributed by atoms with Crippen LogP contribution in [0.2, 0.25) is 0 Å². The lowest BCUT2D eigenvalue weighted by atomic mass is 10.1. The molecule has 0 unspecified atom stereocenters. The molecule has 0 spiro atoms. The molecule has 0 heterocycles. The minimum Gasteiger partial charge on any atom is -0.483 e. The zero-order valence-electron chi connectivity index (χ0n) is 11.4. The third-order valence-electron chi connectivity index (χ3n) is 2.84. The number of halogens is 1. The molecule has 1 N–H and O–H groups in total. The topological polar surface area (TPSA) is 38.3 Å². The number of hydrogen-bond donors (Lipinski definition) is 1. The van der Waals surface area contributed by atoms with E-state index >= 15 is 0 Å². The van der Waals surface area contributed by atoms with Gasteiger partial charge in [0.1, 0.15) is 11.6 Å². The Hall–Kier alpha value is -2.36. The van der Waals surface area contributed by atoms with Crippen LogP contribution in [0.1, 0.15) is 11.1 Å². The Labute approximate surface area is 117 Å². The van der Waals surface area contributed by atoms with Crippen LogP contribution >= 0.6 is 0 Å². The van der Waals surface area contributed by atoms with E-state index in [0.29, 0.717) is 5.75 Å². The lowest BCUT2D eigenvalue weighted by Crippen LogP contribution is -2.21. The number of aryl methyl sites for hydroxylation is 2. The quantitative estimate of drug-likeness (QED) is 0.926. The number of benzene rings is 2. The molecule has 2 aromatic carbocycles. The number of amides is 1. The van der Waals surface area contributed by atoms with Crippen molar-refractivity contribution in [1.82, 2.24) is 0 Å². The van der Waals surface area contributed by atoms with Crippen molar-refractivity contribution in [3.05, 3.63) is 59.4 Å². The fraction of sp³-hybridized carbons (Fsp3) is 0.188. The number of hydrogen-bond acceptors (Lipinski definition) is 2. The average Bonchev–Trinajstić information content (AvgIpc) is 2.40. The summed E-state index contributed by atoms with van der Waals surface area (Å²) in [5.74, 6) is -0.207.